The maximum Gasteiger partial charge on any atom is 0.198 e. The van der Waals surface area contributed by atoms with E-state index in [2.05, 4.69) is 0 Å². The average molecular weight is 173 g/mol. The van der Waals surface area contributed by atoms with Crippen molar-refractivity contribution >= 4 is 0 Å². The van der Waals surface area contributed by atoms with Crippen LogP contribution in [0.15, 0.2) is 6.07 Å². The Hall–Kier alpha value is -1.50. The molecular formula is C8HF4. The van der Waals surface area contributed by atoms with Crippen LogP contribution in [0, 0.1) is 35.6 Å². The van der Waals surface area contributed by atoms with Crippen LogP contribution in [-0.2, 0) is 0 Å². The molecular weight excluding hydrogens is 172 g/mol. The monoisotopic (exact) mass is 173 g/mol. The predicted molar refractivity (Wildman–Crippen MR) is 32.5 cm³/mol. The molecule has 0 atom stereocenters. The first kappa shape index (κ1) is 8.60. The highest BCUT2D eigenvalue weighted by atomic mass is 19.2. The molecule has 1 radical (unpaired) electrons. The van der Waals surface area contributed by atoms with Crippen molar-refractivity contribution in [2.24, 2.45) is 0 Å². The van der Waals surface area contributed by atoms with Gasteiger partial charge in [0.25, 0.3) is 0 Å². The van der Waals surface area contributed by atoms with E-state index in [0.717, 1.165) is 0 Å². The molecule has 0 spiro atoms. The fraction of sp³-hybridized carbons (Fsp3) is 0. The van der Waals surface area contributed by atoms with Crippen molar-refractivity contribution in [2.45, 2.75) is 0 Å². The number of hydrogen-bond acceptors (Lipinski definition) is 0. The Balaban J connectivity index is 3.52. The van der Waals surface area contributed by atoms with Crippen LogP contribution >= 0.6 is 0 Å². The average Bonchev–Trinajstić information content (AvgIpc) is 2.08. The lowest BCUT2D eigenvalue weighted by Gasteiger charge is -1.98. The van der Waals surface area contributed by atoms with Crippen molar-refractivity contribution in [3.05, 3.63) is 41.3 Å². The molecule has 1 aromatic carbocycles. The Morgan fingerprint density at radius 2 is 1.58 bits per heavy atom. The largest absolute Gasteiger partial charge is 0.204 e. The molecule has 0 fully saturated rings. The molecule has 0 aromatic heterocycles. The van der Waals surface area contributed by atoms with Gasteiger partial charge >= 0.3 is 0 Å². The van der Waals surface area contributed by atoms with Crippen LogP contribution in [-0.4, -0.2) is 0 Å². The minimum absolute atomic E-state index is 0.362. The van der Waals surface area contributed by atoms with Gasteiger partial charge in [-0.1, -0.05) is 0 Å². The maximum absolute atomic E-state index is 12.5. The topological polar surface area (TPSA) is 0 Å². The normalized spacial score (nSPS) is 9.58. The summed E-state index contributed by atoms with van der Waals surface area (Å²) in [5, 5.41) is 0. The quantitative estimate of drug-likeness (QED) is 0.244. The highest BCUT2D eigenvalue weighted by molar-refractivity contribution is 5.33. The molecule has 0 aliphatic carbocycles. The molecule has 4 heteroatoms. The Morgan fingerprint density at radius 3 is 2.08 bits per heavy atom. The highest BCUT2D eigenvalue weighted by Gasteiger charge is 2.17. The molecule has 0 amide bonds. The zero-order valence-corrected chi connectivity index (χ0v) is 5.59. The summed E-state index contributed by atoms with van der Waals surface area (Å²) in [6, 6.07) is 0.362. The third-order valence-corrected chi connectivity index (χ3v) is 1.24. The van der Waals surface area contributed by atoms with Gasteiger partial charge in [0.05, 0.1) is 5.56 Å². The van der Waals surface area contributed by atoms with E-state index in [1.165, 1.54) is 5.92 Å². The minimum Gasteiger partial charge on any atom is -0.204 e. The second kappa shape index (κ2) is 2.86. The molecule has 0 unspecified atom stereocenters. The molecule has 61 valence electrons. The molecule has 0 aliphatic heterocycles. The van der Waals surface area contributed by atoms with Crippen LogP contribution < -0.4 is 0 Å². The number of benzene rings is 1. The summed E-state index contributed by atoms with van der Waals surface area (Å²) >= 11 is 0. The molecule has 0 saturated heterocycles. The Morgan fingerprint density at radius 1 is 1.00 bits per heavy atom. The molecule has 12 heavy (non-hydrogen) atoms. The molecule has 0 nitrogen and oxygen atoms in total. The number of halogens is 4. The van der Waals surface area contributed by atoms with E-state index in [1.807, 2.05) is 0 Å². The van der Waals surface area contributed by atoms with Crippen LogP contribution in [0.4, 0.5) is 17.6 Å². The third-order valence-electron chi connectivity index (χ3n) is 1.24. The van der Waals surface area contributed by atoms with E-state index in [1.54, 1.807) is 0 Å². The van der Waals surface area contributed by atoms with Gasteiger partial charge in [0.2, 0.25) is 0 Å². The zero-order chi connectivity index (χ0) is 9.30. The SMILES string of the molecule is [C]#Cc1cc(F)c(F)c(F)c1F. The van der Waals surface area contributed by atoms with Gasteiger partial charge in [-0.3, -0.25) is 0 Å². The van der Waals surface area contributed by atoms with Crippen molar-refractivity contribution in [3.63, 3.8) is 0 Å². The first-order valence-corrected chi connectivity index (χ1v) is 2.83. The number of hydrogen-bond donors (Lipinski definition) is 0. The summed E-state index contributed by atoms with van der Waals surface area (Å²) in [6.45, 7) is 0. The van der Waals surface area contributed by atoms with Crippen LogP contribution in [0.2, 0.25) is 0 Å². The van der Waals surface area contributed by atoms with Crippen molar-refractivity contribution in [2.75, 3.05) is 0 Å². The lowest BCUT2D eigenvalue weighted by Crippen LogP contribution is -1.98. The van der Waals surface area contributed by atoms with Gasteiger partial charge in [0.15, 0.2) is 23.3 Å². The van der Waals surface area contributed by atoms with E-state index in [4.69, 9.17) is 6.42 Å². The highest BCUT2D eigenvalue weighted by Crippen LogP contribution is 2.17. The lowest BCUT2D eigenvalue weighted by atomic mass is 10.2. The Bertz CT molecular complexity index is 362. The molecule has 0 bridgehead atoms. The first-order valence-electron chi connectivity index (χ1n) is 2.83. The molecule has 0 aliphatic rings. The summed E-state index contributed by atoms with van der Waals surface area (Å²) in [5.74, 6) is -5.52. The summed E-state index contributed by atoms with van der Waals surface area (Å²) < 4.78 is 49.3. The number of rotatable bonds is 0. The van der Waals surface area contributed by atoms with Crippen LogP contribution in [0.3, 0.4) is 0 Å². The van der Waals surface area contributed by atoms with Crippen LogP contribution in [0.5, 0.6) is 0 Å². The lowest BCUT2D eigenvalue weighted by molar-refractivity contribution is 0.408. The van der Waals surface area contributed by atoms with Crippen LogP contribution in [0.1, 0.15) is 5.56 Å². The molecule has 1 rings (SSSR count). The smallest absolute Gasteiger partial charge is 0.198 e. The summed E-state index contributed by atoms with van der Waals surface area (Å²) in [6.07, 6.45) is 6.40. The zero-order valence-electron chi connectivity index (χ0n) is 5.59. The fourth-order valence-corrected chi connectivity index (χ4v) is 0.664. The maximum atomic E-state index is 12.5. The van der Waals surface area contributed by atoms with Gasteiger partial charge in [-0.15, -0.1) is 0 Å². The van der Waals surface area contributed by atoms with E-state index in [-0.39, 0.29) is 0 Å². The van der Waals surface area contributed by atoms with Crippen molar-refractivity contribution in [3.8, 4) is 5.92 Å². The fourth-order valence-electron chi connectivity index (χ4n) is 0.664. The van der Waals surface area contributed by atoms with Gasteiger partial charge in [-0.25, -0.2) is 17.6 Å². The van der Waals surface area contributed by atoms with Gasteiger partial charge in [0, 0.05) is 0 Å². The van der Waals surface area contributed by atoms with E-state index in [0.29, 0.717) is 6.07 Å². The van der Waals surface area contributed by atoms with Gasteiger partial charge in [-0.05, 0) is 18.4 Å². The van der Waals surface area contributed by atoms with Gasteiger partial charge in [0.1, 0.15) is 0 Å². The predicted octanol–water partition coefficient (Wildman–Crippen LogP) is 2.18. The summed E-state index contributed by atoms with van der Waals surface area (Å²) in [4.78, 5) is 0. The third kappa shape index (κ3) is 1.14. The summed E-state index contributed by atoms with van der Waals surface area (Å²) in [7, 11) is 0. The van der Waals surface area contributed by atoms with E-state index < -0.39 is 28.8 Å². The molecule has 1 aromatic rings. The van der Waals surface area contributed by atoms with Crippen LogP contribution in [0.25, 0.3) is 0 Å². The summed E-state index contributed by atoms with van der Waals surface area (Å²) in [5.41, 5.74) is -0.744. The molecule has 0 saturated carbocycles. The van der Waals surface area contributed by atoms with E-state index in [9.17, 15) is 17.6 Å². The first-order chi connectivity index (χ1) is 5.57. The Labute approximate surface area is 65.8 Å². The van der Waals surface area contributed by atoms with E-state index >= 15 is 0 Å². The second-order valence-corrected chi connectivity index (χ2v) is 1.97. The Kier molecular flexibility index (Phi) is 2.05. The molecule has 0 N–H and O–H groups in total. The van der Waals surface area contributed by atoms with Crippen molar-refractivity contribution in [1.82, 2.24) is 0 Å². The van der Waals surface area contributed by atoms with Crippen molar-refractivity contribution in [1.29, 1.82) is 0 Å². The standard InChI is InChI=1S/C8HF4/c1-2-4-3-5(9)7(11)8(12)6(4)10/h3H. The second-order valence-electron chi connectivity index (χ2n) is 1.97. The molecule has 0 heterocycles. The van der Waals surface area contributed by atoms with Gasteiger partial charge in [-0.2, -0.15) is 0 Å². The minimum atomic E-state index is -1.93. The van der Waals surface area contributed by atoms with Crippen molar-refractivity contribution < 1.29 is 17.6 Å². The van der Waals surface area contributed by atoms with Gasteiger partial charge < -0.3 is 0 Å².